The molecule has 138 valence electrons. The molecule has 2 bridgehead atoms. The first-order valence-electron chi connectivity index (χ1n) is 9.08. The quantitative estimate of drug-likeness (QED) is 0.635. The van der Waals surface area contributed by atoms with Crippen molar-refractivity contribution in [2.24, 2.45) is 0 Å². The van der Waals surface area contributed by atoms with E-state index in [4.69, 9.17) is 22.1 Å². The average molecular weight is 367 g/mol. The molecular formula is C19H29ClN3O2+. The predicted octanol–water partition coefficient (Wildman–Crippen LogP) is 3.21. The van der Waals surface area contributed by atoms with Crippen LogP contribution in [-0.4, -0.2) is 48.7 Å². The summed E-state index contributed by atoms with van der Waals surface area (Å²) in [6.45, 7) is 3.84. The lowest BCUT2D eigenvalue weighted by Crippen LogP contribution is -2.58. The molecule has 2 heterocycles. The number of piperidine rings is 1. The second kappa shape index (κ2) is 6.69. The summed E-state index contributed by atoms with van der Waals surface area (Å²) >= 11 is 6.14. The largest absolute Gasteiger partial charge is 0.490 e. The van der Waals surface area contributed by atoms with Gasteiger partial charge in [0.2, 0.25) is 0 Å². The summed E-state index contributed by atoms with van der Waals surface area (Å²) in [7, 11) is 4.63. The van der Waals surface area contributed by atoms with Crippen molar-refractivity contribution in [2.45, 2.75) is 63.8 Å². The molecule has 0 aromatic heterocycles. The summed E-state index contributed by atoms with van der Waals surface area (Å²) in [6, 6.07) is 4.72. The number of carbonyl (C=O) groups excluding carboxylic acids is 1. The number of nitrogens with zero attached hydrogens (tertiary/aromatic N) is 1. The molecule has 2 fully saturated rings. The van der Waals surface area contributed by atoms with Crippen molar-refractivity contribution in [1.82, 2.24) is 5.32 Å². The lowest BCUT2D eigenvalue weighted by atomic mass is 9.95. The smallest absolute Gasteiger partial charge is 0.255 e. The number of fused-ring (bicyclic) bond motifs is 2. The Hall–Kier alpha value is -1.46. The third kappa shape index (κ3) is 3.58. The van der Waals surface area contributed by atoms with Crippen LogP contribution in [0.3, 0.4) is 0 Å². The van der Waals surface area contributed by atoms with Crippen LogP contribution in [0.4, 0.5) is 5.69 Å². The van der Waals surface area contributed by atoms with Gasteiger partial charge in [-0.3, -0.25) is 4.79 Å². The number of nitrogen functional groups attached to an aromatic ring is 1. The molecule has 2 atom stereocenters. The van der Waals surface area contributed by atoms with E-state index in [1.807, 2.05) is 13.8 Å². The van der Waals surface area contributed by atoms with E-state index >= 15 is 0 Å². The molecule has 5 nitrogen and oxygen atoms in total. The average Bonchev–Trinajstić information content (AvgIpc) is 2.69. The molecule has 1 amide bonds. The molecule has 2 aliphatic heterocycles. The maximum absolute atomic E-state index is 12.9. The number of nitrogens with two attached hydrogens (primary N) is 1. The number of benzene rings is 1. The maximum atomic E-state index is 12.9. The van der Waals surface area contributed by atoms with Crippen molar-refractivity contribution in [3.8, 4) is 5.75 Å². The van der Waals surface area contributed by atoms with Gasteiger partial charge in [-0.25, -0.2) is 0 Å². The molecule has 25 heavy (non-hydrogen) atoms. The highest BCUT2D eigenvalue weighted by molar-refractivity contribution is 6.33. The number of halogens is 1. The Morgan fingerprint density at radius 1 is 1.28 bits per heavy atom. The van der Waals surface area contributed by atoms with Gasteiger partial charge in [0.05, 0.1) is 48.6 Å². The summed E-state index contributed by atoms with van der Waals surface area (Å²) in [5.41, 5.74) is 6.76. The Balaban J connectivity index is 1.77. The highest BCUT2D eigenvalue weighted by Crippen LogP contribution is 2.39. The first-order chi connectivity index (χ1) is 11.7. The van der Waals surface area contributed by atoms with E-state index in [0.29, 0.717) is 34.1 Å². The number of amides is 1. The van der Waals surface area contributed by atoms with Crippen LogP contribution in [0.2, 0.25) is 5.02 Å². The number of ether oxygens (including phenoxy) is 1. The number of quaternary nitrogens is 1. The fraction of sp³-hybridized carbons (Fsp3) is 0.632. The minimum atomic E-state index is -0.130. The molecule has 6 heteroatoms. The molecule has 2 saturated heterocycles. The zero-order chi connectivity index (χ0) is 18.4. The van der Waals surface area contributed by atoms with E-state index in [-0.39, 0.29) is 18.1 Å². The molecule has 0 spiro atoms. The molecular weight excluding hydrogens is 338 g/mol. The molecule has 0 aliphatic carbocycles. The van der Waals surface area contributed by atoms with Crippen LogP contribution in [0.1, 0.15) is 49.9 Å². The lowest BCUT2D eigenvalue weighted by molar-refractivity contribution is -0.930. The van der Waals surface area contributed by atoms with Crippen molar-refractivity contribution in [3.63, 3.8) is 0 Å². The van der Waals surface area contributed by atoms with E-state index in [0.717, 1.165) is 17.3 Å². The molecule has 2 aliphatic rings. The maximum Gasteiger partial charge on any atom is 0.255 e. The summed E-state index contributed by atoms with van der Waals surface area (Å²) < 4.78 is 6.86. The van der Waals surface area contributed by atoms with Gasteiger partial charge in [0, 0.05) is 37.8 Å². The van der Waals surface area contributed by atoms with Crippen LogP contribution in [0.5, 0.6) is 5.75 Å². The van der Waals surface area contributed by atoms with E-state index in [2.05, 4.69) is 19.4 Å². The van der Waals surface area contributed by atoms with Crippen molar-refractivity contribution in [2.75, 3.05) is 19.8 Å². The van der Waals surface area contributed by atoms with Crippen molar-refractivity contribution in [1.29, 1.82) is 0 Å². The van der Waals surface area contributed by atoms with Gasteiger partial charge in [-0.15, -0.1) is 0 Å². The zero-order valence-corrected chi connectivity index (χ0v) is 16.3. The van der Waals surface area contributed by atoms with Gasteiger partial charge in [-0.05, 0) is 19.9 Å². The topological polar surface area (TPSA) is 64.3 Å². The fourth-order valence-electron chi connectivity index (χ4n) is 4.36. The van der Waals surface area contributed by atoms with Crippen LogP contribution in [0, 0.1) is 0 Å². The molecule has 0 saturated carbocycles. The van der Waals surface area contributed by atoms with Crippen molar-refractivity contribution < 1.29 is 14.0 Å². The standard InChI is InChI=1S/C19H28ClN3O2/c1-11(2)25-18-10-17(21)16(20)9-15(18)19(24)22-12-7-13-5-6-14(8-12)23(13,3)4/h9-14H,5-8H2,1-4H3,(H2-,21,22,24)/p+1. The van der Waals surface area contributed by atoms with Crippen molar-refractivity contribution in [3.05, 3.63) is 22.7 Å². The van der Waals surface area contributed by atoms with E-state index < -0.39 is 0 Å². The Bertz CT molecular complexity index is 659. The Kier molecular flexibility index (Phi) is 4.91. The summed E-state index contributed by atoms with van der Waals surface area (Å²) in [5.74, 6) is 0.360. The Morgan fingerprint density at radius 2 is 1.88 bits per heavy atom. The number of nitrogens with one attached hydrogen (secondary N) is 1. The number of anilines is 1. The highest BCUT2D eigenvalue weighted by Gasteiger charge is 2.49. The molecule has 3 N–H and O–H groups in total. The van der Waals surface area contributed by atoms with Gasteiger partial charge < -0.3 is 20.3 Å². The van der Waals surface area contributed by atoms with Gasteiger partial charge in [-0.1, -0.05) is 11.6 Å². The number of carbonyl (C=O) groups is 1. The summed E-state index contributed by atoms with van der Waals surface area (Å²) in [6.07, 6.45) is 4.51. The normalized spacial score (nSPS) is 27.4. The lowest BCUT2D eigenvalue weighted by Gasteiger charge is -2.44. The van der Waals surface area contributed by atoms with Crippen LogP contribution < -0.4 is 15.8 Å². The molecule has 2 unspecified atom stereocenters. The van der Waals surface area contributed by atoms with Gasteiger partial charge >= 0.3 is 0 Å². The van der Waals surface area contributed by atoms with Gasteiger partial charge in [0.15, 0.2) is 0 Å². The van der Waals surface area contributed by atoms with Crippen molar-refractivity contribution >= 4 is 23.2 Å². The zero-order valence-electron chi connectivity index (χ0n) is 15.5. The number of hydrogen-bond donors (Lipinski definition) is 2. The third-order valence-corrected chi connectivity index (χ3v) is 6.20. The second-order valence-corrected chi connectivity index (χ2v) is 8.60. The SMILES string of the molecule is CC(C)Oc1cc(N)c(Cl)cc1C(=O)NC1CC2CCC(C1)[N+]2(C)C. The number of hydrogen-bond acceptors (Lipinski definition) is 3. The Labute approximate surface area is 155 Å². The minimum Gasteiger partial charge on any atom is -0.490 e. The first-order valence-corrected chi connectivity index (χ1v) is 9.46. The second-order valence-electron chi connectivity index (χ2n) is 8.19. The van der Waals surface area contributed by atoms with Crippen LogP contribution in [0.25, 0.3) is 0 Å². The first kappa shape index (κ1) is 18.3. The highest BCUT2D eigenvalue weighted by atomic mass is 35.5. The molecule has 1 aromatic carbocycles. The fourth-order valence-corrected chi connectivity index (χ4v) is 4.52. The van der Waals surface area contributed by atoms with Gasteiger partial charge in [0.1, 0.15) is 5.75 Å². The predicted molar refractivity (Wildman–Crippen MR) is 101 cm³/mol. The third-order valence-electron chi connectivity index (χ3n) is 5.87. The summed E-state index contributed by atoms with van der Waals surface area (Å²) in [5, 5.41) is 3.58. The van der Waals surface area contributed by atoms with E-state index in [1.165, 1.54) is 12.8 Å². The van der Waals surface area contributed by atoms with Crippen LogP contribution >= 0.6 is 11.6 Å². The molecule has 3 rings (SSSR count). The van der Waals surface area contributed by atoms with Crippen LogP contribution in [-0.2, 0) is 0 Å². The van der Waals surface area contributed by atoms with E-state index in [1.54, 1.807) is 12.1 Å². The van der Waals surface area contributed by atoms with Gasteiger partial charge in [-0.2, -0.15) is 0 Å². The molecule has 1 aromatic rings. The van der Waals surface area contributed by atoms with Gasteiger partial charge in [0.25, 0.3) is 5.91 Å². The molecule has 0 radical (unpaired) electrons. The minimum absolute atomic E-state index is 0.0456. The van der Waals surface area contributed by atoms with E-state index in [9.17, 15) is 4.79 Å². The Morgan fingerprint density at radius 3 is 2.44 bits per heavy atom. The summed E-state index contributed by atoms with van der Waals surface area (Å²) in [4.78, 5) is 12.9. The monoisotopic (exact) mass is 366 g/mol. The number of rotatable bonds is 4. The van der Waals surface area contributed by atoms with Crippen LogP contribution in [0.15, 0.2) is 12.1 Å².